The molecule has 0 spiro atoms. The highest BCUT2D eigenvalue weighted by atomic mass is 35.5. The van der Waals surface area contributed by atoms with Gasteiger partial charge in [-0.15, -0.1) is 0 Å². The van der Waals surface area contributed by atoms with Crippen molar-refractivity contribution in [1.82, 2.24) is 4.90 Å². The van der Waals surface area contributed by atoms with Crippen LogP contribution in [0.5, 0.6) is 0 Å². The number of rotatable bonds is 4. The molecule has 0 radical (unpaired) electrons. The van der Waals surface area contributed by atoms with E-state index >= 15 is 0 Å². The summed E-state index contributed by atoms with van der Waals surface area (Å²) in [5, 5.41) is 2.97. The average Bonchev–Trinajstić information content (AvgIpc) is 2.98. The molecular weight excluding hydrogens is 329 g/mol. The molecule has 1 fully saturated rings. The zero-order valence-electron chi connectivity index (χ0n) is 13.1. The molecule has 1 saturated heterocycles. The SMILES string of the molecule is CC(C)[C@@H](Nc1ccc(C(F)(F)F)cc1Cl)C(=O)N1CCCC1. The number of alkyl halides is 3. The monoisotopic (exact) mass is 348 g/mol. The quantitative estimate of drug-likeness (QED) is 0.873. The van der Waals surface area contributed by atoms with E-state index in [-0.39, 0.29) is 16.8 Å². The fourth-order valence-corrected chi connectivity index (χ4v) is 2.86. The average molecular weight is 349 g/mol. The number of hydrogen-bond acceptors (Lipinski definition) is 2. The van der Waals surface area contributed by atoms with Crippen LogP contribution >= 0.6 is 11.6 Å². The number of benzene rings is 1. The fraction of sp³-hybridized carbons (Fsp3) is 0.562. The van der Waals surface area contributed by atoms with Crippen LogP contribution in [0.3, 0.4) is 0 Å². The second-order valence-corrected chi connectivity index (χ2v) is 6.50. The number of carbonyl (C=O) groups excluding carboxylic acids is 1. The lowest BCUT2D eigenvalue weighted by Crippen LogP contribution is -2.44. The van der Waals surface area contributed by atoms with Crippen molar-refractivity contribution in [1.29, 1.82) is 0 Å². The summed E-state index contributed by atoms with van der Waals surface area (Å²) in [5.74, 6) is -0.0464. The molecule has 1 atom stereocenters. The van der Waals surface area contributed by atoms with E-state index < -0.39 is 17.8 Å². The molecular formula is C16H20ClF3N2O. The van der Waals surface area contributed by atoms with Crippen LogP contribution in [0.25, 0.3) is 0 Å². The lowest BCUT2D eigenvalue weighted by atomic mass is 10.0. The summed E-state index contributed by atoms with van der Waals surface area (Å²) in [5.41, 5.74) is -0.467. The normalized spacial score (nSPS) is 16.7. The summed E-state index contributed by atoms with van der Waals surface area (Å²) in [4.78, 5) is 14.4. The van der Waals surface area contributed by atoms with Crippen molar-refractivity contribution in [3.8, 4) is 0 Å². The summed E-state index contributed by atoms with van der Waals surface area (Å²) in [7, 11) is 0. The molecule has 0 unspecified atom stereocenters. The minimum Gasteiger partial charge on any atom is -0.372 e. The summed E-state index contributed by atoms with van der Waals surface area (Å²) < 4.78 is 38.0. The summed E-state index contributed by atoms with van der Waals surface area (Å²) in [6.45, 7) is 5.24. The van der Waals surface area contributed by atoms with Gasteiger partial charge in [0.2, 0.25) is 5.91 Å². The highest BCUT2D eigenvalue weighted by molar-refractivity contribution is 6.33. The van der Waals surface area contributed by atoms with Gasteiger partial charge in [0, 0.05) is 13.1 Å². The highest BCUT2D eigenvalue weighted by Crippen LogP contribution is 2.34. The maximum Gasteiger partial charge on any atom is 0.416 e. The van der Waals surface area contributed by atoms with Crippen LogP contribution in [0.1, 0.15) is 32.3 Å². The van der Waals surface area contributed by atoms with Gasteiger partial charge in [-0.1, -0.05) is 25.4 Å². The van der Waals surface area contributed by atoms with Gasteiger partial charge >= 0.3 is 6.18 Å². The Balaban J connectivity index is 2.18. The molecule has 0 bridgehead atoms. The summed E-state index contributed by atoms with van der Waals surface area (Å²) in [6.07, 6.45) is -2.47. The van der Waals surface area contributed by atoms with Crippen molar-refractivity contribution in [3.63, 3.8) is 0 Å². The van der Waals surface area contributed by atoms with Crippen molar-refractivity contribution in [2.45, 2.75) is 38.9 Å². The van der Waals surface area contributed by atoms with Crippen molar-refractivity contribution in [2.24, 2.45) is 5.92 Å². The van der Waals surface area contributed by atoms with Gasteiger partial charge in [-0.05, 0) is 37.0 Å². The number of amides is 1. The third kappa shape index (κ3) is 4.31. The Labute approximate surface area is 138 Å². The zero-order chi connectivity index (χ0) is 17.2. The first-order valence-electron chi connectivity index (χ1n) is 7.62. The first-order chi connectivity index (χ1) is 10.7. The number of carbonyl (C=O) groups is 1. The van der Waals surface area contributed by atoms with Crippen LogP contribution in [0, 0.1) is 5.92 Å². The predicted octanol–water partition coefficient (Wildman–Crippen LogP) is 4.42. The summed E-state index contributed by atoms with van der Waals surface area (Å²) in [6, 6.07) is 2.60. The van der Waals surface area contributed by atoms with E-state index in [4.69, 9.17) is 11.6 Å². The van der Waals surface area contributed by atoms with Gasteiger partial charge < -0.3 is 10.2 Å². The molecule has 2 rings (SSSR count). The second kappa shape index (κ2) is 6.99. The minimum absolute atomic E-state index is 0.0125. The Bertz CT molecular complexity index is 569. The minimum atomic E-state index is -4.44. The van der Waals surface area contributed by atoms with Crippen LogP contribution < -0.4 is 5.32 Å². The van der Waals surface area contributed by atoms with Crippen molar-refractivity contribution < 1.29 is 18.0 Å². The van der Waals surface area contributed by atoms with Crippen LogP contribution in [-0.2, 0) is 11.0 Å². The maximum atomic E-state index is 12.7. The lowest BCUT2D eigenvalue weighted by Gasteiger charge is -2.28. The first-order valence-corrected chi connectivity index (χ1v) is 8.00. The maximum absolute atomic E-state index is 12.7. The number of halogens is 4. The van der Waals surface area contributed by atoms with E-state index in [9.17, 15) is 18.0 Å². The fourth-order valence-electron chi connectivity index (χ4n) is 2.62. The molecule has 0 saturated carbocycles. The molecule has 0 aromatic heterocycles. The van der Waals surface area contributed by atoms with Crippen molar-refractivity contribution >= 4 is 23.2 Å². The van der Waals surface area contributed by atoms with E-state index in [1.165, 1.54) is 6.07 Å². The van der Waals surface area contributed by atoms with Crippen molar-refractivity contribution in [3.05, 3.63) is 28.8 Å². The van der Waals surface area contributed by atoms with E-state index in [2.05, 4.69) is 5.32 Å². The molecule has 1 aromatic carbocycles. The largest absolute Gasteiger partial charge is 0.416 e. The molecule has 1 aromatic rings. The van der Waals surface area contributed by atoms with Crippen molar-refractivity contribution in [2.75, 3.05) is 18.4 Å². The third-order valence-electron chi connectivity index (χ3n) is 3.96. The number of hydrogen-bond donors (Lipinski definition) is 1. The Morgan fingerprint density at radius 2 is 1.87 bits per heavy atom. The lowest BCUT2D eigenvalue weighted by molar-refractivity contribution is -0.137. The third-order valence-corrected chi connectivity index (χ3v) is 4.27. The molecule has 1 N–H and O–H groups in total. The molecule has 1 aliphatic rings. The number of nitrogens with one attached hydrogen (secondary N) is 1. The number of likely N-dealkylation sites (tertiary alicyclic amines) is 1. The molecule has 128 valence electrons. The Hall–Kier alpha value is -1.43. The van der Waals surface area contributed by atoms with Gasteiger partial charge in [-0.25, -0.2) is 0 Å². The van der Waals surface area contributed by atoms with Crippen LogP contribution in [0.4, 0.5) is 18.9 Å². The van der Waals surface area contributed by atoms with Crippen LogP contribution in [-0.4, -0.2) is 29.9 Å². The molecule has 23 heavy (non-hydrogen) atoms. The van der Waals surface area contributed by atoms with Gasteiger partial charge in [0.05, 0.1) is 16.3 Å². The number of anilines is 1. The van der Waals surface area contributed by atoms with E-state index in [0.29, 0.717) is 5.69 Å². The Morgan fingerprint density at radius 1 is 1.26 bits per heavy atom. The molecule has 7 heteroatoms. The topological polar surface area (TPSA) is 32.3 Å². The highest BCUT2D eigenvalue weighted by Gasteiger charge is 2.32. The van der Waals surface area contributed by atoms with Crippen LogP contribution in [0.2, 0.25) is 5.02 Å². The second-order valence-electron chi connectivity index (χ2n) is 6.09. The van der Waals surface area contributed by atoms with Crippen LogP contribution in [0.15, 0.2) is 18.2 Å². The molecule has 3 nitrogen and oxygen atoms in total. The van der Waals surface area contributed by atoms with Gasteiger partial charge in [0.25, 0.3) is 0 Å². The molecule has 1 heterocycles. The zero-order valence-corrected chi connectivity index (χ0v) is 13.8. The smallest absolute Gasteiger partial charge is 0.372 e. The summed E-state index contributed by atoms with van der Waals surface area (Å²) >= 11 is 5.96. The predicted molar refractivity (Wildman–Crippen MR) is 84.5 cm³/mol. The van der Waals surface area contributed by atoms with E-state index in [1.807, 2.05) is 13.8 Å². The Morgan fingerprint density at radius 3 is 2.35 bits per heavy atom. The molecule has 1 amide bonds. The Kier molecular flexibility index (Phi) is 5.45. The van der Waals surface area contributed by atoms with Gasteiger partial charge in [-0.3, -0.25) is 4.79 Å². The van der Waals surface area contributed by atoms with E-state index in [0.717, 1.165) is 38.1 Å². The molecule has 0 aliphatic carbocycles. The van der Waals surface area contributed by atoms with Gasteiger partial charge in [0.15, 0.2) is 0 Å². The first kappa shape index (κ1) is 17.9. The van der Waals surface area contributed by atoms with Gasteiger partial charge in [0.1, 0.15) is 6.04 Å². The number of nitrogens with zero attached hydrogens (tertiary/aromatic N) is 1. The molecule has 1 aliphatic heterocycles. The van der Waals surface area contributed by atoms with E-state index in [1.54, 1.807) is 4.90 Å². The van der Waals surface area contributed by atoms with Gasteiger partial charge in [-0.2, -0.15) is 13.2 Å². The standard InChI is InChI=1S/C16H20ClF3N2O/c1-10(2)14(15(23)22-7-3-4-8-22)21-13-6-5-11(9-12(13)17)16(18,19)20/h5-6,9-10,14,21H,3-4,7-8H2,1-2H3/t14-/m1/s1.